The molecule has 0 N–H and O–H groups in total. The molecule has 0 saturated heterocycles. The maximum Gasteiger partial charge on any atom is 0.195 e. The molecule has 4 aromatic rings. The normalized spacial score (nSPS) is 10.9. The number of ketones is 1. The fourth-order valence-electron chi connectivity index (χ4n) is 3.30. The molecule has 0 atom stereocenters. The molecule has 25 heavy (non-hydrogen) atoms. The van der Waals surface area contributed by atoms with Crippen molar-refractivity contribution in [2.24, 2.45) is 0 Å². The van der Waals surface area contributed by atoms with E-state index in [0.717, 1.165) is 10.8 Å². The minimum absolute atomic E-state index is 0.0797. The largest absolute Gasteiger partial charge is 0.306 e. The summed E-state index contributed by atoms with van der Waals surface area (Å²) < 4.78 is 1.77. The summed E-state index contributed by atoms with van der Waals surface area (Å²) in [5.41, 5.74) is 3.73. The Balaban J connectivity index is 2.17. The van der Waals surface area contributed by atoms with E-state index >= 15 is 0 Å². The zero-order chi connectivity index (χ0) is 17.6. The van der Waals surface area contributed by atoms with Gasteiger partial charge in [0.25, 0.3) is 0 Å². The van der Waals surface area contributed by atoms with Crippen LogP contribution in [-0.4, -0.2) is 20.4 Å². The van der Waals surface area contributed by atoms with Gasteiger partial charge >= 0.3 is 0 Å². The van der Waals surface area contributed by atoms with Crippen LogP contribution >= 0.6 is 0 Å². The van der Waals surface area contributed by atoms with Crippen LogP contribution in [0.25, 0.3) is 16.3 Å². The highest BCUT2D eigenvalue weighted by molar-refractivity contribution is 6.18. The summed E-state index contributed by atoms with van der Waals surface area (Å²) in [4.78, 5) is 13.1. The smallest absolute Gasteiger partial charge is 0.195 e. The molecule has 0 bridgehead atoms. The molecule has 3 heterocycles. The van der Waals surface area contributed by atoms with E-state index in [1.807, 2.05) is 32.0 Å². The van der Waals surface area contributed by atoms with Crippen molar-refractivity contribution in [2.75, 3.05) is 0 Å². The lowest BCUT2D eigenvalue weighted by Crippen LogP contribution is -2.04. The summed E-state index contributed by atoms with van der Waals surface area (Å²) >= 11 is 0. The number of hydrogen-bond acceptors (Lipinski definition) is 4. The fourth-order valence-corrected chi connectivity index (χ4v) is 3.30. The van der Waals surface area contributed by atoms with Gasteiger partial charge in [-0.2, -0.15) is 15.5 Å². The Morgan fingerprint density at radius 1 is 1.00 bits per heavy atom. The predicted molar refractivity (Wildman–Crippen MR) is 94.6 cm³/mol. The second-order valence-electron chi connectivity index (χ2n) is 5.92. The van der Waals surface area contributed by atoms with E-state index in [-0.39, 0.29) is 5.78 Å². The monoisotopic (exact) mass is 326 g/mol. The third-order valence-electron chi connectivity index (χ3n) is 4.42. The van der Waals surface area contributed by atoms with Crippen LogP contribution in [0.1, 0.15) is 33.0 Å². The molecule has 0 radical (unpaired) electrons. The number of carbonyl (C=O) groups excluding carboxylic acids is 1. The quantitative estimate of drug-likeness (QED) is 0.528. The Morgan fingerprint density at radius 3 is 2.36 bits per heavy atom. The number of hydrogen-bond donors (Lipinski definition) is 0. The number of nitriles is 1. The number of carbonyl (C=O) groups is 1. The SMILES string of the molecule is Cc1nnc(C)c2c1c(C#N)n1cccc(C(=O)c3ccccc3)c21. The van der Waals surface area contributed by atoms with Crippen LogP contribution in [0.3, 0.4) is 0 Å². The van der Waals surface area contributed by atoms with Crippen molar-refractivity contribution < 1.29 is 4.79 Å². The minimum Gasteiger partial charge on any atom is -0.306 e. The minimum atomic E-state index is -0.0797. The molecule has 5 heteroatoms. The van der Waals surface area contributed by atoms with E-state index in [9.17, 15) is 10.1 Å². The summed E-state index contributed by atoms with van der Waals surface area (Å²) in [7, 11) is 0. The van der Waals surface area contributed by atoms with Gasteiger partial charge < -0.3 is 4.40 Å². The highest BCUT2D eigenvalue weighted by Gasteiger charge is 2.22. The zero-order valence-electron chi connectivity index (χ0n) is 13.8. The van der Waals surface area contributed by atoms with Gasteiger partial charge in [-0.3, -0.25) is 4.79 Å². The molecule has 0 spiro atoms. The van der Waals surface area contributed by atoms with Gasteiger partial charge in [0, 0.05) is 28.1 Å². The Morgan fingerprint density at radius 2 is 1.68 bits per heavy atom. The first-order chi connectivity index (χ1) is 12.1. The lowest BCUT2D eigenvalue weighted by Gasteiger charge is -2.06. The molecule has 0 aliphatic heterocycles. The fraction of sp³-hybridized carbons (Fsp3) is 0.100. The van der Waals surface area contributed by atoms with Crippen molar-refractivity contribution in [3.63, 3.8) is 0 Å². The number of benzene rings is 1. The Labute approximate surface area is 144 Å². The first kappa shape index (κ1) is 15.0. The number of nitrogens with zero attached hydrogens (tertiary/aromatic N) is 4. The van der Waals surface area contributed by atoms with Crippen LogP contribution in [-0.2, 0) is 0 Å². The number of pyridine rings is 1. The molecule has 3 aromatic heterocycles. The Bertz CT molecular complexity index is 1180. The summed E-state index contributed by atoms with van der Waals surface area (Å²) in [6, 6.07) is 15.0. The maximum absolute atomic E-state index is 13.1. The van der Waals surface area contributed by atoms with Gasteiger partial charge in [-0.1, -0.05) is 30.3 Å². The van der Waals surface area contributed by atoms with Gasteiger partial charge in [0.15, 0.2) is 5.78 Å². The Kier molecular flexibility index (Phi) is 3.33. The lowest BCUT2D eigenvalue weighted by atomic mass is 10.0. The van der Waals surface area contributed by atoms with Crippen LogP contribution in [0, 0.1) is 25.2 Å². The van der Waals surface area contributed by atoms with Crippen molar-refractivity contribution in [1.82, 2.24) is 14.6 Å². The second-order valence-corrected chi connectivity index (χ2v) is 5.92. The number of aryl methyl sites for hydroxylation is 2. The van der Waals surface area contributed by atoms with Crippen LogP contribution in [0.5, 0.6) is 0 Å². The molecule has 0 unspecified atom stereocenters. The molecule has 1 aromatic carbocycles. The van der Waals surface area contributed by atoms with Gasteiger partial charge in [0.1, 0.15) is 11.8 Å². The number of rotatable bonds is 2. The van der Waals surface area contributed by atoms with Crippen molar-refractivity contribution in [1.29, 1.82) is 5.26 Å². The molecule has 0 fully saturated rings. The van der Waals surface area contributed by atoms with Crippen LogP contribution in [0.15, 0.2) is 48.7 Å². The molecule has 0 aliphatic rings. The predicted octanol–water partition coefficient (Wildman–Crippen LogP) is 3.60. The van der Waals surface area contributed by atoms with E-state index in [2.05, 4.69) is 16.3 Å². The average molecular weight is 326 g/mol. The van der Waals surface area contributed by atoms with E-state index in [1.54, 1.807) is 34.9 Å². The molecule has 120 valence electrons. The van der Waals surface area contributed by atoms with E-state index in [1.165, 1.54) is 0 Å². The summed E-state index contributed by atoms with van der Waals surface area (Å²) in [6.45, 7) is 3.67. The highest BCUT2D eigenvalue weighted by Crippen LogP contribution is 2.32. The van der Waals surface area contributed by atoms with E-state index in [4.69, 9.17) is 0 Å². The van der Waals surface area contributed by atoms with Gasteiger partial charge in [-0.05, 0) is 26.0 Å². The zero-order valence-corrected chi connectivity index (χ0v) is 13.8. The Hall–Kier alpha value is -3.52. The molecule has 5 nitrogen and oxygen atoms in total. The number of aromatic nitrogens is 3. The van der Waals surface area contributed by atoms with Crippen LogP contribution in [0.2, 0.25) is 0 Å². The standard InChI is InChI=1S/C20H14N4O/c1-12-17-16(11-21)24-10-6-9-15(19(24)18(17)13(2)23-22-12)20(25)14-7-4-3-5-8-14/h3-10H,1-2H3. The first-order valence-corrected chi connectivity index (χ1v) is 7.90. The summed E-state index contributed by atoms with van der Waals surface area (Å²) in [5, 5.41) is 19.6. The van der Waals surface area contributed by atoms with Crippen molar-refractivity contribution in [2.45, 2.75) is 13.8 Å². The number of fused-ring (bicyclic) bond motifs is 3. The molecular formula is C20H14N4O. The first-order valence-electron chi connectivity index (χ1n) is 7.90. The topological polar surface area (TPSA) is 71.1 Å². The molecule has 0 saturated carbocycles. The van der Waals surface area contributed by atoms with Crippen LogP contribution < -0.4 is 0 Å². The second kappa shape index (κ2) is 5.53. The summed E-state index contributed by atoms with van der Waals surface area (Å²) in [6.07, 6.45) is 1.80. The molecule has 0 aliphatic carbocycles. The third-order valence-corrected chi connectivity index (χ3v) is 4.42. The average Bonchev–Trinajstić information content (AvgIpc) is 3.00. The maximum atomic E-state index is 13.1. The molecule has 0 amide bonds. The van der Waals surface area contributed by atoms with Gasteiger partial charge in [0.05, 0.1) is 16.9 Å². The summed E-state index contributed by atoms with van der Waals surface area (Å²) in [5.74, 6) is -0.0797. The van der Waals surface area contributed by atoms with Crippen LogP contribution in [0.4, 0.5) is 0 Å². The van der Waals surface area contributed by atoms with Crippen molar-refractivity contribution in [3.8, 4) is 6.07 Å². The molecule has 4 rings (SSSR count). The van der Waals surface area contributed by atoms with Crippen molar-refractivity contribution in [3.05, 3.63) is 76.9 Å². The van der Waals surface area contributed by atoms with E-state index in [0.29, 0.717) is 33.7 Å². The van der Waals surface area contributed by atoms with Gasteiger partial charge in [-0.15, -0.1) is 0 Å². The third kappa shape index (κ3) is 2.12. The van der Waals surface area contributed by atoms with Crippen molar-refractivity contribution >= 4 is 22.1 Å². The highest BCUT2D eigenvalue weighted by atomic mass is 16.1. The van der Waals surface area contributed by atoms with Gasteiger partial charge in [0.2, 0.25) is 0 Å². The molecular weight excluding hydrogens is 312 g/mol. The van der Waals surface area contributed by atoms with Gasteiger partial charge in [-0.25, -0.2) is 0 Å². The lowest BCUT2D eigenvalue weighted by molar-refractivity contribution is 0.104. The van der Waals surface area contributed by atoms with E-state index < -0.39 is 0 Å².